The fourth-order valence-corrected chi connectivity index (χ4v) is 3.58. The summed E-state index contributed by atoms with van der Waals surface area (Å²) in [7, 11) is 0. The van der Waals surface area contributed by atoms with E-state index in [1.807, 2.05) is 25.1 Å². The molecule has 1 N–H and O–H groups in total. The second kappa shape index (κ2) is 8.58. The minimum Gasteiger partial charge on any atom is -0.369 e. The van der Waals surface area contributed by atoms with Gasteiger partial charge in [-0.25, -0.2) is 0 Å². The number of piperazine rings is 1. The summed E-state index contributed by atoms with van der Waals surface area (Å²) in [5, 5.41) is 14.5. The van der Waals surface area contributed by atoms with Gasteiger partial charge in [-0.15, -0.1) is 0 Å². The number of anilines is 2. The van der Waals surface area contributed by atoms with Crippen molar-refractivity contribution in [1.29, 1.82) is 0 Å². The van der Waals surface area contributed by atoms with Crippen LogP contribution in [0.3, 0.4) is 0 Å². The molecule has 0 spiro atoms. The van der Waals surface area contributed by atoms with Crippen LogP contribution in [0.25, 0.3) is 0 Å². The number of nitrogens with zero attached hydrogens (tertiary/aromatic N) is 3. The van der Waals surface area contributed by atoms with Crippen LogP contribution in [0.4, 0.5) is 17.1 Å². The number of aryl methyl sites for hydroxylation is 1. The maximum absolute atomic E-state index is 12.6. The summed E-state index contributed by atoms with van der Waals surface area (Å²) in [6.07, 6.45) is 0. The molecule has 0 aliphatic carbocycles. The Morgan fingerprint density at radius 1 is 1.18 bits per heavy atom. The third-order valence-corrected chi connectivity index (χ3v) is 5.35. The van der Waals surface area contributed by atoms with Gasteiger partial charge in [0.2, 0.25) is 5.91 Å². The molecule has 1 fully saturated rings. The first-order valence-electron chi connectivity index (χ1n) is 9.16. The lowest BCUT2D eigenvalue weighted by Crippen LogP contribution is -2.53. The molecule has 0 radical (unpaired) electrons. The first-order chi connectivity index (χ1) is 13.4. The minimum absolute atomic E-state index is 0.107. The van der Waals surface area contributed by atoms with Gasteiger partial charge in [-0.3, -0.25) is 19.8 Å². The summed E-state index contributed by atoms with van der Waals surface area (Å²) in [6.45, 7) is 6.88. The molecule has 1 aliphatic rings. The second-order valence-electron chi connectivity index (χ2n) is 6.89. The third-order valence-electron chi connectivity index (χ3n) is 5.11. The lowest BCUT2D eigenvalue weighted by Gasteiger charge is -2.39. The first kappa shape index (κ1) is 20.1. The molecule has 0 aromatic heterocycles. The normalized spacial score (nSPS) is 15.9. The van der Waals surface area contributed by atoms with Gasteiger partial charge in [-0.1, -0.05) is 29.8 Å². The number of nitro benzene ring substituents is 1. The zero-order valence-corrected chi connectivity index (χ0v) is 16.6. The molecule has 0 unspecified atom stereocenters. The first-order valence-corrected chi connectivity index (χ1v) is 9.54. The molecular formula is C20H23ClN4O3. The van der Waals surface area contributed by atoms with Gasteiger partial charge in [0.1, 0.15) is 5.69 Å². The van der Waals surface area contributed by atoms with Gasteiger partial charge in [-0.05, 0) is 37.6 Å². The summed E-state index contributed by atoms with van der Waals surface area (Å²) in [4.78, 5) is 27.6. The SMILES string of the molecule is Cc1ccc(Cl)cc1N1CCN([C@H](C)C(=O)Nc2ccccc2[N+](=O)[O-])CC1. The Kier molecular flexibility index (Phi) is 6.16. The number of nitro groups is 1. The van der Waals surface area contributed by atoms with Crippen molar-refractivity contribution < 1.29 is 9.72 Å². The van der Waals surface area contributed by atoms with Gasteiger partial charge < -0.3 is 10.2 Å². The van der Waals surface area contributed by atoms with Crippen molar-refractivity contribution >= 4 is 34.6 Å². The van der Waals surface area contributed by atoms with Crippen molar-refractivity contribution in [2.24, 2.45) is 0 Å². The topological polar surface area (TPSA) is 78.7 Å². The molecule has 1 saturated heterocycles. The highest BCUT2D eigenvalue weighted by Gasteiger charge is 2.27. The molecule has 1 amide bonds. The van der Waals surface area contributed by atoms with Crippen molar-refractivity contribution in [3.63, 3.8) is 0 Å². The van der Waals surface area contributed by atoms with Crippen molar-refractivity contribution in [3.8, 4) is 0 Å². The van der Waals surface area contributed by atoms with Gasteiger partial charge in [0.15, 0.2) is 0 Å². The summed E-state index contributed by atoms with van der Waals surface area (Å²) in [5.41, 5.74) is 2.39. The molecule has 0 saturated carbocycles. The molecule has 148 valence electrons. The highest BCUT2D eigenvalue weighted by molar-refractivity contribution is 6.30. The smallest absolute Gasteiger partial charge is 0.292 e. The van der Waals surface area contributed by atoms with E-state index in [1.165, 1.54) is 11.6 Å². The lowest BCUT2D eigenvalue weighted by molar-refractivity contribution is -0.383. The van der Waals surface area contributed by atoms with E-state index in [2.05, 4.69) is 22.0 Å². The number of rotatable bonds is 5. The molecule has 0 bridgehead atoms. The van der Waals surface area contributed by atoms with Crippen LogP contribution in [0, 0.1) is 17.0 Å². The number of hydrogen-bond acceptors (Lipinski definition) is 5. The van der Waals surface area contributed by atoms with E-state index in [9.17, 15) is 14.9 Å². The minimum atomic E-state index is -0.494. The maximum Gasteiger partial charge on any atom is 0.292 e. The molecule has 8 heteroatoms. The number of amides is 1. The van der Waals surface area contributed by atoms with Gasteiger partial charge in [0.25, 0.3) is 5.69 Å². The summed E-state index contributed by atoms with van der Waals surface area (Å²) in [5.74, 6) is -0.248. The van der Waals surface area contributed by atoms with Gasteiger partial charge in [0.05, 0.1) is 11.0 Å². The van der Waals surface area contributed by atoms with Crippen molar-refractivity contribution in [1.82, 2.24) is 4.90 Å². The van der Waals surface area contributed by atoms with Crippen LogP contribution < -0.4 is 10.2 Å². The van der Waals surface area contributed by atoms with Crippen LogP contribution in [0.1, 0.15) is 12.5 Å². The standard InChI is InChI=1S/C20H23ClN4O3/c1-14-7-8-16(21)13-19(14)24-11-9-23(10-12-24)15(2)20(26)22-17-5-3-4-6-18(17)25(27)28/h3-8,13,15H,9-12H2,1-2H3,(H,22,26)/t15-/m1/s1. The van der Waals surface area contributed by atoms with Gasteiger partial charge in [-0.2, -0.15) is 0 Å². The predicted molar refractivity (Wildman–Crippen MR) is 111 cm³/mol. The van der Waals surface area contributed by atoms with Crippen LogP contribution in [-0.2, 0) is 4.79 Å². The zero-order chi connectivity index (χ0) is 20.3. The number of hydrogen-bond donors (Lipinski definition) is 1. The summed E-state index contributed by atoms with van der Waals surface area (Å²) < 4.78 is 0. The maximum atomic E-state index is 12.6. The Hall–Kier alpha value is -2.64. The van der Waals surface area contributed by atoms with E-state index in [4.69, 9.17) is 11.6 Å². The largest absolute Gasteiger partial charge is 0.369 e. The van der Waals surface area contributed by atoms with Gasteiger partial charge in [0, 0.05) is 43.0 Å². The average Bonchev–Trinajstić information content (AvgIpc) is 2.69. The summed E-state index contributed by atoms with van der Waals surface area (Å²) in [6, 6.07) is 11.6. The second-order valence-corrected chi connectivity index (χ2v) is 7.33. The van der Waals surface area contributed by atoms with E-state index in [0.29, 0.717) is 5.02 Å². The monoisotopic (exact) mass is 402 g/mol. The van der Waals surface area contributed by atoms with E-state index < -0.39 is 4.92 Å². The van der Waals surface area contributed by atoms with Crippen molar-refractivity contribution in [3.05, 3.63) is 63.2 Å². The number of halogens is 1. The number of benzene rings is 2. The number of carbonyl (C=O) groups excluding carboxylic acids is 1. The zero-order valence-electron chi connectivity index (χ0n) is 15.9. The van der Waals surface area contributed by atoms with E-state index in [1.54, 1.807) is 18.2 Å². The van der Waals surface area contributed by atoms with Crippen LogP contribution >= 0.6 is 11.6 Å². The third kappa shape index (κ3) is 4.43. The Bertz CT molecular complexity index is 882. The van der Waals surface area contributed by atoms with Crippen LogP contribution in [0.5, 0.6) is 0 Å². The Morgan fingerprint density at radius 3 is 2.54 bits per heavy atom. The predicted octanol–water partition coefficient (Wildman–Crippen LogP) is 3.71. The van der Waals surface area contributed by atoms with Crippen LogP contribution in [0.2, 0.25) is 5.02 Å². The van der Waals surface area contributed by atoms with E-state index >= 15 is 0 Å². The number of carbonyl (C=O) groups is 1. The highest BCUT2D eigenvalue weighted by Crippen LogP contribution is 2.26. The highest BCUT2D eigenvalue weighted by atomic mass is 35.5. The molecule has 7 nitrogen and oxygen atoms in total. The summed E-state index contributed by atoms with van der Waals surface area (Å²) >= 11 is 6.13. The number of nitrogens with one attached hydrogen (secondary N) is 1. The molecule has 2 aromatic rings. The fraction of sp³-hybridized carbons (Fsp3) is 0.350. The van der Waals surface area contributed by atoms with Crippen molar-refractivity contribution in [2.45, 2.75) is 19.9 Å². The van der Waals surface area contributed by atoms with Crippen molar-refractivity contribution in [2.75, 3.05) is 36.4 Å². The Balaban J connectivity index is 1.62. The van der Waals surface area contributed by atoms with E-state index in [-0.39, 0.29) is 23.3 Å². The molecule has 1 heterocycles. The Morgan fingerprint density at radius 2 is 1.86 bits per heavy atom. The van der Waals surface area contributed by atoms with Crippen LogP contribution in [0.15, 0.2) is 42.5 Å². The molecule has 1 atom stereocenters. The molecule has 3 rings (SSSR count). The quantitative estimate of drug-likeness (QED) is 0.609. The molecule has 1 aliphatic heterocycles. The Labute approximate surface area is 169 Å². The van der Waals surface area contributed by atoms with E-state index in [0.717, 1.165) is 31.9 Å². The molecule has 28 heavy (non-hydrogen) atoms. The molecular weight excluding hydrogens is 380 g/mol. The lowest BCUT2D eigenvalue weighted by atomic mass is 10.1. The van der Waals surface area contributed by atoms with Gasteiger partial charge >= 0.3 is 0 Å². The average molecular weight is 403 g/mol. The molecule has 2 aromatic carbocycles. The van der Waals surface area contributed by atoms with Crippen LogP contribution in [-0.4, -0.2) is 48.0 Å². The number of para-hydroxylation sites is 2. The fourth-order valence-electron chi connectivity index (χ4n) is 3.41.